The Morgan fingerprint density at radius 1 is 1.00 bits per heavy atom. The second-order valence-electron chi connectivity index (χ2n) is 12.5. The molecule has 4 heterocycles. The maximum Gasteiger partial charge on any atom is 0.410 e. The topological polar surface area (TPSA) is 77.1 Å². The Bertz CT molecular complexity index is 1460. The molecule has 0 radical (unpaired) electrons. The van der Waals surface area contributed by atoms with E-state index in [0.29, 0.717) is 19.8 Å². The molecule has 5 rings (SSSR count). The van der Waals surface area contributed by atoms with Crippen molar-refractivity contribution < 1.29 is 14.3 Å². The molecule has 0 atom stereocenters. The number of pyridine rings is 1. The van der Waals surface area contributed by atoms with Crippen LogP contribution < -0.4 is 4.90 Å². The van der Waals surface area contributed by atoms with E-state index >= 15 is 0 Å². The molecule has 0 bridgehead atoms. The van der Waals surface area contributed by atoms with Gasteiger partial charge in [0.05, 0.1) is 34.8 Å². The molecule has 1 saturated heterocycles. The van der Waals surface area contributed by atoms with Gasteiger partial charge in [-0.05, 0) is 50.6 Å². The largest absolute Gasteiger partial charge is 0.444 e. The molecule has 1 aliphatic heterocycles. The highest BCUT2D eigenvalue weighted by molar-refractivity contribution is 6.76. The lowest BCUT2D eigenvalue weighted by molar-refractivity contribution is 0.0240. The average Bonchev–Trinajstić information content (AvgIpc) is 3.48. The van der Waals surface area contributed by atoms with Gasteiger partial charge in [-0.15, -0.1) is 0 Å². The summed E-state index contributed by atoms with van der Waals surface area (Å²) in [6, 6.07) is 11.8. The van der Waals surface area contributed by atoms with Crippen molar-refractivity contribution in [3.8, 4) is 11.1 Å². The second-order valence-corrected chi connectivity index (χ2v) is 18.1. The zero-order valence-electron chi connectivity index (χ0n) is 24.0. The van der Waals surface area contributed by atoms with Gasteiger partial charge in [0.1, 0.15) is 12.3 Å². The Labute approximate surface area is 231 Å². The van der Waals surface area contributed by atoms with Crippen LogP contribution in [-0.2, 0) is 16.2 Å². The Hall–Kier alpha value is -3.37. The van der Waals surface area contributed by atoms with Crippen LogP contribution in [0.3, 0.4) is 0 Å². The molecular formula is C29H40N6O3Si. The van der Waals surface area contributed by atoms with E-state index in [9.17, 15) is 4.79 Å². The number of amides is 1. The number of ether oxygens (including phenoxy) is 2. The third kappa shape index (κ3) is 6.44. The van der Waals surface area contributed by atoms with Crippen LogP contribution in [0.5, 0.6) is 0 Å². The van der Waals surface area contributed by atoms with E-state index in [1.165, 1.54) is 0 Å². The lowest BCUT2D eigenvalue weighted by atomic mass is 10.1. The monoisotopic (exact) mass is 548 g/mol. The maximum atomic E-state index is 12.4. The fraction of sp³-hybridized carbons (Fsp3) is 0.483. The smallest absolute Gasteiger partial charge is 0.410 e. The summed E-state index contributed by atoms with van der Waals surface area (Å²) < 4.78 is 15.5. The van der Waals surface area contributed by atoms with Crippen molar-refractivity contribution in [2.45, 2.75) is 58.8 Å². The molecular weight excluding hydrogens is 508 g/mol. The van der Waals surface area contributed by atoms with Crippen LogP contribution in [0.25, 0.3) is 27.7 Å². The third-order valence-corrected chi connectivity index (χ3v) is 8.65. The Morgan fingerprint density at radius 2 is 1.74 bits per heavy atom. The normalized spacial score (nSPS) is 14.9. The predicted molar refractivity (Wildman–Crippen MR) is 158 cm³/mol. The van der Waals surface area contributed by atoms with Crippen LogP contribution in [0.1, 0.15) is 20.8 Å². The third-order valence-electron chi connectivity index (χ3n) is 6.95. The molecule has 1 aromatic carbocycles. The molecule has 0 saturated carbocycles. The van der Waals surface area contributed by atoms with E-state index in [4.69, 9.17) is 9.47 Å². The maximum absolute atomic E-state index is 12.4. The predicted octanol–water partition coefficient (Wildman–Crippen LogP) is 5.72. The van der Waals surface area contributed by atoms with Crippen molar-refractivity contribution in [3.05, 3.63) is 49.1 Å². The molecule has 0 spiro atoms. The highest BCUT2D eigenvalue weighted by Crippen LogP contribution is 2.28. The molecule has 0 aliphatic carbocycles. The molecule has 1 aliphatic rings. The van der Waals surface area contributed by atoms with Gasteiger partial charge in [-0.25, -0.2) is 14.3 Å². The average molecular weight is 549 g/mol. The van der Waals surface area contributed by atoms with Crippen molar-refractivity contribution in [1.29, 1.82) is 0 Å². The van der Waals surface area contributed by atoms with Crippen LogP contribution >= 0.6 is 0 Å². The lowest BCUT2D eigenvalue weighted by Gasteiger charge is -2.36. The minimum Gasteiger partial charge on any atom is -0.444 e. The van der Waals surface area contributed by atoms with Gasteiger partial charge in [0.2, 0.25) is 0 Å². The number of fused-ring (bicyclic) bond motifs is 2. The molecule has 10 heteroatoms. The fourth-order valence-electron chi connectivity index (χ4n) is 4.72. The van der Waals surface area contributed by atoms with E-state index in [2.05, 4.69) is 75.7 Å². The summed E-state index contributed by atoms with van der Waals surface area (Å²) >= 11 is 0. The number of nitrogens with zero attached hydrogens (tertiary/aromatic N) is 6. The Balaban J connectivity index is 1.28. The summed E-state index contributed by atoms with van der Waals surface area (Å²) in [5.74, 6) is 0. The van der Waals surface area contributed by atoms with Crippen LogP contribution in [-0.4, -0.2) is 76.6 Å². The molecule has 9 nitrogen and oxygen atoms in total. The lowest BCUT2D eigenvalue weighted by Crippen LogP contribution is -2.50. The van der Waals surface area contributed by atoms with Crippen molar-refractivity contribution >= 4 is 36.4 Å². The van der Waals surface area contributed by atoms with Gasteiger partial charge in [-0.3, -0.25) is 0 Å². The van der Waals surface area contributed by atoms with Gasteiger partial charge in [0.25, 0.3) is 0 Å². The van der Waals surface area contributed by atoms with Gasteiger partial charge in [-0.1, -0.05) is 31.8 Å². The zero-order valence-corrected chi connectivity index (χ0v) is 25.0. The number of carbonyl (C=O) groups is 1. The Morgan fingerprint density at radius 3 is 2.46 bits per heavy atom. The number of piperazine rings is 1. The van der Waals surface area contributed by atoms with E-state index in [1.54, 1.807) is 4.90 Å². The van der Waals surface area contributed by atoms with Gasteiger partial charge < -0.3 is 23.8 Å². The number of rotatable bonds is 7. The fourth-order valence-corrected chi connectivity index (χ4v) is 5.48. The second kappa shape index (κ2) is 10.7. The summed E-state index contributed by atoms with van der Waals surface area (Å²) in [5, 5.41) is 4.66. The summed E-state index contributed by atoms with van der Waals surface area (Å²) in [7, 11) is -1.12. The first-order valence-corrected chi connectivity index (χ1v) is 17.4. The van der Waals surface area contributed by atoms with E-state index in [1.807, 2.05) is 37.8 Å². The molecule has 0 unspecified atom stereocenters. The van der Waals surface area contributed by atoms with Crippen molar-refractivity contribution in [2.75, 3.05) is 37.7 Å². The number of hydrogen-bond acceptors (Lipinski definition) is 6. The van der Waals surface area contributed by atoms with E-state index in [-0.39, 0.29) is 6.09 Å². The first kappa shape index (κ1) is 27.2. The van der Waals surface area contributed by atoms with Crippen LogP contribution in [0.15, 0.2) is 49.1 Å². The highest BCUT2D eigenvalue weighted by Gasteiger charge is 2.27. The summed E-state index contributed by atoms with van der Waals surface area (Å²) in [6.07, 6.45) is 5.60. The quantitative estimate of drug-likeness (QED) is 0.217. The highest BCUT2D eigenvalue weighted by atomic mass is 28.3. The first-order valence-electron chi connectivity index (χ1n) is 13.7. The zero-order chi connectivity index (χ0) is 27.8. The molecule has 208 valence electrons. The van der Waals surface area contributed by atoms with Gasteiger partial charge in [0, 0.05) is 52.6 Å². The van der Waals surface area contributed by atoms with Crippen LogP contribution in [0.4, 0.5) is 10.5 Å². The summed E-state index contributed by atoms with van der Waals surface area (Å²) in [5.41, 5.74) is 5.85. The van der Waals surface area contributed by atoms with Crippen molar-refractivity contribution in [2.24, 2.45) is 0 Å². The SMILES string of the molecule is CC(C)(C)OC(=O)N1CCN(c2cnn3cc(-c4ccc5ncn(COCC[Si](C)(C)C)c5c4)ccc23)CC1. The Kier molecular flexibility index (Phi) is 7.43. The molecule has 3 aromatic heterocycles. The molecule has 1 fully saturated rings. The van der Waals surface area contributed by atoms with E-state index in [0.717, 1.165) is 59.1 Å². The molecule has 0 N–H and O–H groups in total. The minimum atomic E-state index is -1.12. The number of benzene rings is 1. The minimum absolute atomic E-state index is 0.247. The summed E-state index contributed by atoms with van der Waals surface area (Å²) in [6.45, 7) is 16.8. The van der Waals surface area contributed by atoms with Crippen LogP contribution in [0.2, 0.25) is 25.7 Å². The first-order chi connectivity index (χ1) is 18.5. The van der Waals surface area contributed by atoms with Gasteiger partial charge >= 0.3 is 6.09 Å². The van der Waals surface area contributed by atoms with Crippen LogP contribution in [0, 0.1) is 0 Å². The number of hydrogen-bond donors (Lipinski definition) is 0. The van der Waals surface area contributed by atoms with Gasteiger partial charge in [0.15, 0.2) is 0 Å². The number of aromatic nitrogens is 4. The van der Waals surface area contributed by atoms with Crippen molar-refractivity contribution in [1.82, 2.24) is 24.1 Å². The van der Waals surface area contributed by atoms with Gasteiger partial charge in [-0.2, -0.15) is 5.10 Å². The molecule has 4 aromatic rings. The van der Waals surface area contributed by atoms with E-state index < -0.39 is 13.7 Å². The van der Waals surface area contributed by atoms with Crippen molar-refractivity contribution in [3.63, 3.8) is 0 Å². The molecule has 1 amide bonds. The number of carbonyl (C=O) groups excluding carboxylic acids is 1. The number of anilines is 1. The molecule has 39 heavy (non-hydrogen) atoms. The number of imidazole rings is 1. The summed E-state index contributed by atoms with van der Waals surface area (Å²) in [4.78, 5) is 21.1. The standard InChI is InChI=1S/C29H40N6O3Si/c1-29(2,3)38-28(36)33-13-11-32(12-14-33)27-18-31-35-19-23(8-10-25(27)35)22-7-9-24-26(17-22)34(20-30-24)21-37-15-16-39(4,5)6/h7-10,17-20H,11-16,21H2,1-6H3.